The molecule has 1 aromatic carbocycles. The van der Waals surface area contributed by atoms with Crippen LogP contribution >= 0.6 is 11.3 Å². The highest BCUT2D eigenvalue weighted by atomic mass is 32.1. The molecule has 1 atom stereocenters. The van der Waals surface area contributed by atoms with E-state index in [0.29, 0.717) is 17.2 Å². The summed E-state index contributed by atoms with van der Waals surface area (Å²) in [6.07, 6.45) is 0.118. The molecule has 27 heavy (non-hydrogen) atoms. The Kier molecular flexibility index (Phi) is 6.60. The van der Waals surface area contributed by atoms with Crippen LogP contribution in [0.1, 0.15) is 23.5 Å². The summed E-state index contributed by atoms with van der Waals surface area (Å²) in [6, 6.07) is 11.6. The van der Waals surface area contributed by atoms with E-state index < -0.39 is 5.97 Å². The van der Waals surface area contributed by atoms with E-state index in [4.69, 9.17) is 9.47 Å². The quantitative estimate of drug-likeness (QED) is 0.770. The molecule has 0 spiro atoms. The number of hydrogen-bond acceptors (Lipinski definition) is 6. The molecule has 1 fully saturated rings. The second kappa shape index (κ2) is 9.12. The van der Waals surface area contributed by atoms with Gasteiger partial charge in [0.05, 0.1) is 31.5 Å². The fourth-order valence-electron chi connectivity index (χ4n) is 3.00. The normalized spacial score (nSPS) is 17.5. The van der Waals surface area contributed by atoms with Crippen molar-refractivity contribution < 1.29 is 19.1 Å². The molecule has 1 amide bonds. The lowest BCUT2D eigenvalue weighted by Gasteiger charge is -2.30. The lowest BCUT2D eigenvalue weighted by Crippen LogP contribution is -2.44. The fraction of sp³-hybridized carbons (Fsp3) is 0.400. The van der Waals surface area contributed by atoms with E-state index in [0.717, 1.165) is 23.5 Å². The van der Waals surface area contributed by atoms with Gasteiger partial charge in [-0.1, -0.05) is 30.3 Å². The smallest absolute Gasteiger partial charge is 0.350 e. The van der Waals surface area contributed by atoms with Crippen molar-refractivity contribution in [3.8, 4) is 10.4 Å². The van der Waals surface area contributed by atoms with Gasteiger partial charge in [0.1, 0.15) is 4.88 Å². The molecule has 1 aliphatic heterocycles. The Hall–Kier alpha value is -2.22. The van der Waals surface area contributed by atoms with Crippen molar-refractivity contribution in [1.29, 1.82) is 0 Å². The Labute approximate surface area is 163 Å². The Bertz CT molecular complexity index is 791. The van der Waals surface area contributed by atoms with Gasteiger partial charge < -0.3 is 14.8 Å². The molecule has 2 aromatic rings. The first-order valence-corrected chi connectivity index (χ1v) is 9.88. The number of thiophene rings is 1. The highest BCUT2D eigenvalue weighted by molar-refractivity contribution is 7.18. The lowest BCUT2D eigenvalue weighted by atomic mass is 10.2. The number of anilines is 1. The van der Waals surface area contributed by atoms with Crippen LogP contribution in [0, 0.1) is 0 Å². The van der Waals surface area contributed by atoms with E-state index in [2.05, 4.69) is 10.2 Å². The number of amides is 1. The summed E-state index contributed by atoms with van der Waals surface area (Å²) in [5.41, 5.74) is 1.50. The maximum absolute atomic E-state index is 12.5. The molecule has 0 saturated carbocycles. The maximum atomic E-state index is 12.5. The van der Waals surface area contributed by atoms with Crippen molar-refractivity contribution in [2.45, 2.75) is 20.0 Å². The summed E-state index contributed by atoms with van der Waals surface area (Å²) < 4.78 is 10.7. The second-order valence-electron chi connectivity index (χ2n) is 6.40. The van der Waals surface area contributed by atoms with E-state index in [1.165, 1.54) is 11.3 Å². The zero-order valence-corrected chi connectivity index (χ0v) is 16.4. The van der Waals surface area contributed by atoms with E-state index in [1.54, 1.807) is 6.92 Å². The largest absolute Gasteiger partial charge is 0.462 e. The summed E-state index contributed by atoms with van der Waals surface area (Å²) in [6.45, 7) is 6.38. The number of esters is 1. The van der Waals surface area contributed by atoms with Crippen LogP contribution in [0.4, 0.5) is 5.69 Å². The van der Waals surface area contributed by atoms with Crippen LogP contribution in [0.5, 0.6) is 0 Å². The third kappa shape index (κ3) is 5.15. The molecular weight excluding hydrogens is 364 g/mol. The number of nitrogens with one attached hydrogen (secondary N) is 1. The average molecular weight is 388 g/mol. The van der Waals surface area contributed by atoms with Gasteiger partial charge in [-0.25, -0.2) is 4.79 Å². The molecule has 144 valence electrons. The summed E-state index contributed by atoms with van der Waals surface area (Å²) in [5.74, 6) is -0.563. The zero-order valence-electron chi connectivity index (χ0n) is 15.6. The predicted molar refractivity (Wildman–Crippen MR) is 106 cm³/mol. The van der Waals surface area contributed by atoms with Crippen molar-refractivity contribution in [1.82, 2.24) is 4.90 Å². The molecule has 0 bridgehead atoms. The van der Waals surface area contributed by atoms with Crippen LogP contribution in [0.2, 0.25) is 0 Å². The monoisotopic (exact) mass is 388 g/mol. The molecule has 1 aromatic heterocycles. The van der Waals surface area contributed by atoms with Gasteiger partial charge in [-0.15, -0.1) is 11.3 Å². The number of rotatable bonds is 6. The topological polar surface area (TPSA) is 67.9 Å². The van der Waals surface area contributed by atoms with Crippen LogP contribution in [-0.4, -0.2) is 55.7 Å². The summed E-state index contributed by atoms with van der Waals surface area (Å²) in [7, 11) is 0. The Balaban J connectivity index is 1.77. The van der Waals surface area contributed by atoms with Crippen molar-refractivity contribution in [2.75, 3.05) is 38.2 Å². The minimum Gasteiger partial charge on any atom is -0.462 e. The Morgan fingerprint density at radius 1 is 1.33 bits per heavy atom. The van der Waals surface area contributed by atoms with Crippen molar-refractivity contribution >= 4 is 28.9 Å². The number of nitrogens with zero attached hydrogens (tertiary/aromatic N) is 1. The van der Waals surface area contributed by atoms with Gasteiger partial charge in [0, 0.05) is 18.0 Å². The minimum atomic E-state index is -0.417. The molecule has 3 rings (SSSR count). The molecule has 0 aliphatic carbocycles. The first kappa shape index (κ1) is 19.5. The summed E-state index contributed by atoms with van der Waals surface area (Å²) >= 11 is 1.33. The van der Waals surface area contributed by atoms with E-state index in [9.17, 15) is 9.59 Å². The Morgan fingerprint density at radius 2 is 2.11 bits per heavy atom. The standard InChI is InChI=1S/C20H24N2O4S/c1-3-25-20(24)19-16(11-17(27-19)15-7-5-4-6-8-15)21-18(23)13-22-9-10-26-14(2)12-22/h4-8,11,14H,3,9-10,12-13H2,1-2H3,(H,21,23). The summed E-state index contributed by atoms with van der Waals surface area (Å²) in [5, 5.41) is 2.89. The van der Waals surface area contributed by atoms with E-state index in [-0.39, 0.29) is 25.2 Å². The molecule has 1 N–H and O–H groups in total. The molecule has 1 aliphatic rings. The maximum Gasteiger partial charge on any atom is 0.350 e. The van der Waals surface area contributed by atoms with Crippen molar-refractivity contribution in [3.05, 3.63) is 41.3 Å². The van der Waals surface area contributed by atoms with Crippen molar-refractivity contribution in [3.63, 3.8) is 0 Å². The number of hydrogen-bond donors (Lipinski definition) is 1. The van der Waals surface area contributed by atoms with Gasteiger partial charge in [0.15, 0.2) is 0 Å². The highest BCUT2D eigenvalue weighted by Crippen LogP contribution is 2.35. The molecule has 1 saturated heterocycles. The second-order valence-corrected chi connectivity index (χ2v) is 7.46. The van der Waals surface area contributed by atoms with Crippen LogP contribution in [-0.2, 0) is 14.3 Å². The minimum absolute atomic E-state index is 0.118. The lowest BCUT2D eigenvalue weighted by molar-refractivity contribution is -0.119. The number of morpholine rings is 1. The Morgan fingerprint density at radius 3 is 2.81 bits per heavy atom. The van der Waals surface area contributed by atoms with Gasteiger partial charge in [-0.2, -0.15) is 0 Å². The fourth-order valence-corrected chi connectivity index (χ4v) is 4.02. The molecule has 6 nitrogen and oxygen atoms in total. The van der Waals surface area contributed by atoms with Gasteiger partial charge in [0.25, 0.3) is 0 Å². The van der Waals surface area contributed by atoms with Gasteiger partial charge in [0.2, 0.25) is 5.91 Å². The number of carbonyl (C=O) groups is 2. The predicted octanol–water partition coefficient (Wildman–Crippen LogP) is 3.25. The zero-order chi connectivity index (χ0) is 19.2. The van der Waals surface area contributed by atoms with E-state index in [1.807, 2.05) is 43.3 Å². The molecule has 7 heteroatoms. The van der Waals surface area contributed by atoms with Gasteiger partial charge >= 0.3 is 5.97 Å². The van der Waals surface area contributed by atoms with Crippen LogP contribution < -0.4 is 5.32 Å². The number of carbonyl (C=O) groups excluding carboxylic acids is 2. The van der Waals surface area contributed by atoms with Crippen LogP contribution in [0.3, 0.4) is 0 Å². The average Bonchev–Trinajstić information content (AvgIpc) is 3.06. The third-order valence-corrected chi connectivity index (χ3v) is 5.38. The summed E-state index contributed by atoms with van der Waals surface area (Å²) in [4.78, 5) is 28.2. The van der Waals surface area contributed by atoms with Gasteiger partial charge in [-0.3, -0.25) is 9.69 Å². The SMILES string of the molecule is CCOC(=O)c1sc(-c2ccccc2)cc1NC(=O)CN1CCOC(C)C1. The number of ether oxygens (including phenoxy) is 2. The molecule has 2 heterocycles. The first-order chi connectivity index (χ1) is 13.1. The molecule has 0 radical (unpaired) electrons. The van der Waals surface area contributed by atoms with Crippen molar-refractivity contribution in [2.24, 2.45) is 0 Å². The highest BCUT2D eigenvalue weighted by Gasteiger charge is 2.22. The first-order valence-electron chi connectivity index (χ1n) is 9.07. The molecular formula is C20H24N2O4S. The van der Waals surface area contributed by atoms with Gasteiger partial charge in [-0.05, 0) is 25.5 Å². The number of benzene rings is 1. The van der Waals surface area contributed by atoms with E-state index >= 15 is 0 Å². The van der Waals surface area contributed by atoms with Crippen LogP contribution in [0.15, 0.2) is 36.4 Å². The van der Waals surface area contributed by atoms with Crippen LogP contribution in [0.25, 0.3) is 10.4 Å². The third-order valence-electron chi connectivity index (χ3n) is 4.22. The molecule has 1 unspecified atom stereocenters.